The Morgan fingerprint density at radius 1 is 1.32 bits per heavy atom. The summed E-state index contributed by atoms with van der Waals surface area (Å²) < 4.78 is 7.39. The highest BCUT2D eigenvalue weighted by molar-refractivity contribution is 7.99. The lowest BCUT2D eigenvalue weighted by molar-refractivity contribution is -0.139. The van der Waals surface area contributed by atoms with Crippen molar-refractivity contribution >= 4 is 34.8 Å². The zero-order valence-corrected chi connectivity index (χ0v) is 17.4. The van der Waals surface area contributed by atoms with Crippen LogP contribution in [0.15, 0.2) is 40.7 Å². The Labute approximate surface area is 168 Å². The molecule has 0 bridgehead atoms. The Morgan fingerprint density at radius 2 is 2.07 bits per heavy atom. The fraction of sp³-hybridized carbons (Fsp3) is 0.450. The number of fused-ring (bicyclic) bond motifs is 1. The summed E-state index contributed by atoms with van der Waals surface area (Å²) in [7, 11) is 0. The highest BCUT2D eigenvalue weighted by Gasteiger charge is 2.31. The largest absolute Gasteiger partial charge is 0.463 e. The van der Waals surface area contributed by atoms with Crippen molar-refractivity contribution in [1.29, 1.82) is 0 Å². The van der Waals surface area contributed by atoms with Crippen molar-refractivity contribution in [1.82, 2.24) is 20.2 Å². The molecule has 0 radical (unpaired) electrons. The molecule has 0 unspecified atom stereocenters. The minimum Gasteiger partial charge on any atom is -0.463 e. The summed E-state index contributed by atoms with van der Waals surface area (Å²) in [6.07, 6.45) is 0.611. The summed E-state index contributed by atoms with van der Waals surface area (Å²) in [5, 5.41) is 6.44. The van der Waals surface area contributed by atoms with Crippen molar-refractivity contribution in [3.8, 4) is 0 Å². The fourth-order valence-electron chi connectivity index (χ4n) is 3.34. The fourth-order valence-corrected chi connectivity index (χ4v) is 4.45. The number of carbonyl (C=O) groups is 2. The van der Waals surface area contributed by atoms with Gasteiger partial charge in [-0.15, -0.1) is 0 Å². The summed E-state index contributed by atoms with van der Waals surface area (Å²) in [6.45, 7) is 8.21. The van der Waals surface area contributed by atoms with E-state index in [0.29, 0.717) is 23.4 Å². The molecule has 28 heavy (non-hydrogen) atoms. The van der Waals surface area contributed by atoms with Crippen molar-refractivity contribution in [2.45, 2.75) is 51.4 Å². The average Bonchev–Trinajstić information content (AvgIpc) is 3.04. The molecule has 0 saturated carbocycles. The molecule has 1 aromatic carbocycles. The summed E-state index contributed by atoms with van der Waals surface area (Å²) in [6, 6.07) is 7.59. The third-order valence-corrected chi connectivity index (χ3v) is 5.55. The number of carbonyl (C=O) groups excluding carboxylic acids is 2. The van der Waals surface area contributed by atoms with E-state index in [4.69, 9.17) is 9.72 Å². The van der Waals surface area contributed by atoms with Gasteiger partial charge >= 0.3 is 12.0 Å². The van der Waals surface area contributed by atoms with Gasteiger partial charge in [0.15, 0.2) is 5.16 Å². The van der Waals surface area contributed by atoms with Crippen LogP contribution in [-0.4, -0.2) is 40.0 Å². The Bertz CT molecular complexity index is 919. The number of amides is 2. The number of rotatable bonds is 7. The van der Waals surface area contributed by atoms with Crippen LogP contribution in [0.2, 0.25) is 0 Å². The van der Waals surface area contributed by atoms with Crippen molar-refractivity contribution in [3.05, 3.63) is 35.5 Å². The Balaban J connectivity index is 1.94. The summed E-state index contributed by atoms with van der Waals surface area (Å²) in [4.78, 5) is 29.3. The number of imidazole rings is 1. The van der Waals surface area contributed by atoms with E-state index in [9.17, 15) is 9.59 Å². The van der Waals surface area contributed by atoms with Gasteiger partial charge in [-0.3, -0.25) is 0 Å². The van der Waals surface area contributed by atoms with Gasteiger partial charge in [0, 0.05) is 17.5 Å². The third kappa shape index (κ3) is 4.01. The average molecular weight is 403 g/mol. The highest BCUT2D eigenvalue weighted by Crippen LogP contribution is 2.30. The zero-order chi connectivity index (χ0) is 20.3. The van der Waals surface area contributed by atoms with E-state index in [-0.39, 0.29) is 24.7 Å². The molecule has 2 amide bonds. The van der Waals surface area contributed by atoms with Gasteiger partial charge in [0.05, 0.1) is 29.3 Å². The van der Waals surface area contributed by atoms with Crippen molar-refractivity contribution in [2.24, 2.45) is 0 Å². The second-order valence-electron chi connectivity index (χ2n) is 6.81. The maximum atomic E-state index is 12.5. The minimum absolute atomic E-state index is 0.236. The lowest BCUT2D eigenvalue weighted by atomic mass is 10.0. The SMILES string of the molecule is CCOC(=O)C1=C(CSc2nc3ccccc3n2C(C)C)NC(=O)N[C@H]1CC. The van der Waals surface area contributed by atoms with E-state index in [1.54, 1.807) is 6.92 Å². The number of esters is 1. The number of hydrogen-bond acceptors (Lipinski definition) is 5. The Morgan fingerprint density at radius 3 is 2.75 bits per heavy atom. The molecule has 0 fully saturated rings. The number of nitrogens with zero attached hydrogens (tertiary/aromatic N) is 2. The standard InChI is InChI=1S/C20H26N4O3S/c1-5-13-17(18(25)27-6-2)15(22-19(26)21-13)11-28-20-23-14-9-7-8-10-16(14)24(20)12(3)4/h7-10,12-13H,5-6,11H2,1-4H3,(H2,21,22,26)/t13-/m0/s1. The third-order valence-electron chi connectivity index (χ3n) is 4.57. The van der Waals surface area contributed by atoms with Gasteiger partial charge in [-0.25, -0.2) is 14.6 Å². The van der Waals surface area contributed by atoms with E-state index in [0.717, 1.165) is 16.2 Å². The van der Waals surface area contributed by atoms with E-state index < -0.39 is 5.97 Å². The second-order valence-corrected chi connectivity index (χ2v) is 7.75. The maximum Gasteiger partial charge on any atom is 0.337 e. The predicted molar refractivity (Wildman–Crippen MR) is 110 cm³/mol. The molecule has 0 saturated heterocycles. The number of ether oxygens (including phenoxy) is 1. The van der Waals surface area contributed by atoms with Crippen LogP contribution in [0.25, 0.3) is 11.0 Å². The first-order valence-corrected chi connectivity index (χ1v) is 10.5. The summed E-state index contributed by atoms with van der Waals surface area (Å²) in [5.41, 5.74) is 3.07. The van der Waals surface area contributed by atoms with Crippen LogP contribution in [-0.2, 0) is 9.53 Å². The number of hydrogen-bond donors (Lipinski definition) is 2. The van der Waals surface area contributed by atoms with Crippen molar-refractivity contribution in [3.63, 3.8) is 0 Å². The van der Waals surface area contributed by atoms with Crippen LogP contribution in [0.4, 0.5) is 4.79 Å². The molecule has 7 nitrogen and oxygen atoms in total. The van der Waals surface area contributed by atoms with Crippen LogP contribution in [0.3, 0.4) is 0 Å². The molecule has 150 valence electrons. The zero-order valence-electron chi connectivity index (χ0n) is 16.6. The lowest BCUT2D eigenvalue weighted by Gasteiger charge is -2.28. The number of benzene rings is 1. The van der Waals surface area contributed by atoms with Crippen LogP contribution >= 0.6 is 11.8 Å². The van der Waals surface area contributed by atoms with Crippen molar-refractivity contribution in [2.75, 3.05) is 12.4 Å². The van der Waals surface area contributed by atoms with Gasteiger partial charge in [-0.05, 0) is 39.3 Å². The van der Waals surface area contributed by atoms with Gasteiger partial charge in [0.2, 0.25) is 0 Å². The van der Waals surface area contributed by atoms with Gasteiger partial charge < -0.3 is 19.9 Å². The monoisotopic (exact) mass is 402 g/mol. The normalized spacial score (nSPS) is 17.0. The van der Waals surface area contributed by atoms with E-state index >= 15 is 0 Å². The van der Waals surface area contributed by atoms with Gasteiger partial charge in [-0.2, -0.15) is 0 Å². The molecule has 1 aliphatic heterocycles. The molecule has 2 N–H and O–H groups in total. The summed E-state index contributed by atoms with van der Waals surface area (Å²) >= 11 is 1.51. The molecule has 0 aliphatic carbocycles. The number of nitrogens with one attached hydrogen (secondary N) is 2. The smallest absolute Gasteiger partial charge is 0.337 e. The first-order chi connectivity index (χ1) is 13.5. The molecular formula is C20H26N4O3S. The number of thioether (sulfide) groups is 1. The predicted octanol–water partition coefficient (Wildman–Crippen LogP) is 3.62. The van der Waals surface area contributed by atoms with Crippen LogP contribution in [0.5, 0.6) is 0 Å². The van der Waals surface area contributed by atoms with E-state index in [2.05, 4.69) is 35.1 Å². The first kappa shape index (κ1) is 20.3. The van der Waals surface area contributed by atoms with Crippen molar-refractivity contribution < 1.29 is 14.3 Å². The molecule has 1 aromatic heterocycles. The first-order valence-electron chi connectivity index (χ1n) is 9.53. The molecular weight excluding hydrogens is 376 g/mol. The lowest BCUT2D eigenvalue weighted by Crippen LogP contribution is -2.50. The Hall–Kier alpha value is -2.48. The molecule has 2 aromatic rings. The summed E-state index contributed by atoms with van der Waals surface area (Å²) in [5.74, 6) is 0.0310. The quantitative estimate of drug-likeness (QED) is 0.546. The molecule has 1 atom stereocenters. The van der Waals surface area contributed by atoms with E-state index in [1.807, 2.05) is 25.1 Å². The number of aromatic nitrogens is 2. The Kier molecular flexibility index (Phi) is 6.28. The van der Waals surface area contributed by atoms with Gasteiger partial charge in [0.25, 0.3) is 0 Å². The van der Waals surface area contributed by atoms with Gasteiger partial charge in [-0.1, -0.05) is 30.8 Å². The molecule has 1 aliphatic rings. The molecule has 3 rings (SSSR count). The highest BCUT2D eigenvalue weighted by atomic mass is 32.2. The molecule has 8 heteroatoms. The second kappa shape index (κ2) is 8.68. The van der Waals surface area contributed by atoms with Crippen LogP contribution in [0.1, 0.15) is 40.2 Å². The van der Waals surface area contributed by atoms with E-state index in [1.165, 1.54) is 11.8 Å². The molecule has 2 heterocycles. The molecule has 0 spiro atoms. The maximum absolute atomic E-state index is 12.5. The number of urea groups is 1. The van der Waals surface area contributed by atoms with Crippen LogP contribution < -0.4 is 10.6 Å². The van der Waals surface area contributed by atoms with Crippen LogP contribution in [0, 0.1) is 0 Å². The number of para-hydroxylation sites is 2. The minimum atomic E-state index is -0.394. The van der Waals surface area contributed by atoms with Gasteiger partial charge in [0.1, 0.15) is 0 Å². The topological polar surface area (TPSA) is 85.2 Å².